The average molecular weight is 255 g/mol. The fraction of sp³-hybridized carbons (Fsp3) is 1.00. The van der Waals surface area contributed by atoms with Crippen LogP contribution >= 0.6 is 0 Å². The Morgan fingerprint density at radius 2 is 2.17 bits per heavy atom. The Labute approximate surface area is 112 Å². The van der Waals surface area contributed by atoms with Crippen LogP contribution in [0, 0.1) is 0 Å². The monoisotopic (exact) mass is 255 g/mol. The Morgan fingerprint density at radius 1 is 1.28 bits per heavy atom. The molecule has 2 atom stereocenters. The molecule has 4 heteroatoms. The van der Waals surface area contributed by atoms with E-state index in [-0.39, 0.29) is 0 Å². The Morgan fingerprint density at radius 3 is 2.94 bits per heavy atom. The van der Waals surface area contributed by atoms with Crippen molar-refractivity contribution in [1.82, 2.24) is 15.1 Å². The van der Waals surface area contributed by atoms with E-state index in [9.17, 15) is 0 Å². The van der Waals surface area contributed by atoms with Crippen molar-refractivity contribution < 1.29 is 4.74 Å². The first-order valence-electron chi connectivity index (χ1n) is 7.54. The van der Waals surface area contributed by atoms with Crippen molar-refractivity contribution in [3.05, 3.63) is 0 Å². The summed E-state index contributed by atoms with van der Waals surface area (Å²) in [4.78, 5) is 4.98. The molecule has 0 aliphatic carbocycles. The molecule has 0 bridgehead atoms. The number of hydrogen-bond donors (Lipinski definition) is 1. The molecule has 0 radical (unpaired) electrons. The predicted octanol–water partition coefficient (Wildman–Crippen LogP) is 0.781. The summed E-state index contributed by atoms with van der Waals surface area (Å²) in [5, 5.41) is 3.67. The van der Waals surface area contributed by atoms with Gasteiger partial charge in [-0.05, 0) is 33.0 Å². The van der Waals surface area contributed by atoms with Gasteiger partial charge in [-0.1, -0.05) is 13.3 Å². The van der Waals surface area contributed by atoms with E-state index in [1.807, 2.05) is 0 Å². The van der Waals surface area contributed by atoms with Gasteiger partial charge >= 0.3 is 0 Å². The molecular weight excluding hydrogens is 226 g/mol. The maximum Gasteiger partial charge on any atom is 0.0829 e. The Kier molecular flexibility index (Phi) is 5.89. The van der Waals surface area contributed by atoms with Gasteiger partial charge in [0, 0.05) is 32.2 Å². The summed E-state index contributed by atoms with van der Waals surface area (Å²) in [5.74, 6) is 0. The predicted molar refractivity (Wildman–Crippen MR) is 75.0 cm³/mol. The fourth-order valence-electron chi connectivity index (χ4n) is 3.05. The van der Waals surface area contributed by atoms with Crippen LogP contribution < -0.4 is 5.32 Å². The number of nitrogens with one attached hydrogen (secondary N) is 1. The molecule has 2 aliphatic heterocycles. The highest BCUT2D eigenvalue weighted by Gasteiger charge is 2.23. The molecule has 2 fully saturated rings. The lowest BCUT2D eigenvalue weighted by atomic mass is 10.1. The topological polar surface area (TPSA) is 27.7 Å². The molecule has 0 amide bonds. The number of likely N-dealkylation sites (N-methyl/N-ethyl adjacent to an activating group) is 1. The van der Waals surface area contributed by atoms with E-state index < -0.39 is 0 Å². The zero-order chi connectivity index (χ0) is 12.8. The van der Waals surface area contributed by atoms with Gasteiger partial charge in [0.25, 0.3) is 0 Å². The van der Waals surface area contributed by atoms with Crippen LogP contribution in [0.5, 0.6) is 0 Å². The second kappa shape index (κ2) is 7.43. The van der Waals surface area contributed by atoms with E-state index in [2.05, 4.69) is 29.1 Å². The number of nitrogens with zero attached hydrogens (tertiary/aromatic N) is 2. The van der Waals surface area contributed by atoms with Crippen molar-refractivity contribution >= 4 is 0 Å². The molecule has 2 rings (SSSR count). The van der Waals surface area contributed by atoms with Crippen LogP contribution in [-0.4, -0.2) is 74.9 Å². The van der Waals surface area contributed by atoms with Gasteiger partial charge in [0.2, 0.25) is 0 Å². The summed E-state index contributed by atoms with van der Waals surface area (Å²) in [6, 6.07) is 0.679. The minimum absolute atomic E-state index is 0.407. The zero-order valence-corrected chi connectivity index (χ0v) is 12.0. The molecule has 2 unspecified atom stereocenters. The number of ether oxygens (including phenoxy) is 1. The third-order valence-corrected chi connectivity index (χ3v) is 4.00. The van der Waals surface area contributed by atoms with Gasteiger partial charge in [-0.2, -0.15) is 0 Å². The van der Waals surface area contributed by atoms with Crippen LogP contribution in [0.4, 0.5) is 0 Å². The summed E-state index contributed by atoms with van der Waals surface area (Å²) in [6.45, 7) is 10.0. The van der Waals surface area contributed by atoms with Gasteiger partial charge in [-0.3, -0.25) is 4.90 Å². The van der Waals surface area contributed by atoms with Crippen LogP contribution in [0.15, 0.2) is 0 Å². The van der Waals surface area contributed by atoms with E-state index >= 15 is 0 Å². The van der Waals surface area contributed by atoms with Crippen LogP contribution in [0.2, 0.25) is 0 Å². The number of morpholine rings is 1. The number of rotatable bonds is 4. The van der Waals surface area contributed by atoms with Crippen LogP contribution in [0.3, 0.4) is 0 Å². The highest BCUT2D eigenvalue weighted by Crippen LogP contribution is 2.10. The molecule has 2 aliphatic rings. The fourth-order valence-corrected chi connectivity index (χ4v) is 3.05. The highest BCUT2D eigenvalue weighted by atomic mass is 16.5. The van der Waals surface area contributed by atoms with Crippen molar-refractivity contribution in [3.63, 3.8) is 0 Å². The minimum Gasteiger partial charge on any atom is -0.374 e. The van der Waals surface area contributed by atoms with Gasteiger partial charge in [-0.15, -0.1) is 0 Å². The lowest BCUT2D eigenvalue weighted by Gasteiger charge is -2.34. The standard InChI is InChI=1S/C14H29N3O/c1-3-5-13-10-17(7-4-6-15-13)12-14-11-16(2)8-9-18-14/h13-15H,3-12H2,1-2H3. The van der Waals surface area contributed by atoms with Gasteiger partial charge < -0.3 is 15.0 Å². The lowest BCUT2D eigenvalue weighted by Crippen LogP contribution is -2.47. The Balaban J connectivity index is 1.79. The Bertz CT molecular complexity index is 237. The lowest BCUT2D eigenvalue weighted by molar-refractivity contribution is -0.0357. The van der Waals surface area contributed by atoms with Gasteiger partial charge in [0.15, 0.2) is 0 Å². The van der Waals surface area contributed by atoms with E-state index in [1.165, 1.54) is 38.9 Å². The average Bonchev–Trinajstić information content (AvgIpc) is 2.55. The van der Waals surface area contributed by atoms with Gasteiger partial charge in [-0.25, -0.2) is 0 Å². The second-order valence-electron chi connectivity index (χ2n) is 5.81. The van der Waals surface area contributed by atoms with E-state index in [1.54, 1.807) is 0 Å². The first-order chi connectivity index (χ1) is 8.78. The SMILES string of the molecule is CCCC1CN(CC2CN(C)CCO2)CCCN1. The van der Waals surface area contributed by atoms with Crippen molar-refractivity contribution in [2.45, 2.75) is 38.3 Å². The minimum atomic E-state index is 0.407. The summed E-state index contributed by atoms with van der Waals surface area (Å²) < 4.78 is 5.88. The van der Waals surface area contributed by atoms with Crippen molar-refractivity contribution in [1.29, 1.82) is 0 Å². The third-order valence-electron chi connectivity index (χ3n) is 4.00. The first-order valence-corrected chi connectivity index (χ1v) is 7.54. The second-order valence-corrected chi connectivity index (χ2v) is 5.81. The maximum atomic E-state index is 5.88. The molecule has 0 aromatic carbocycles. The van der Waals surface area contributed by atoms with E-state index in [0.29, 0.717) is 12.1 Å². The summed E-state index contributed by atoms with van der Waals surface area (Å²) in [6.07, 6.45) is 4.24. The Hall–Kier alpha value is -0.160. The quantitative estimate of drug-likeness (QED) is 0.803. The summed E-state index contributed by atoms with van der Waals surface area (Å²) in [5.41, 5.74) is 0. The molecular formula is C14H29N3O. The van der Waals surface area contributed by atoms with Crippen molar-refractivity contribution in [3.8, 4) is 0 Å². The molecule has 0 aromatic rings. The molecule has 0 saturated carbocycles. The van der Waals surface area contributed by atoms with Gasteiger partial charge in [0.1, 0.15) is 0 Å². The molecule has 4 nitrogen and oxygen atoms in total. The maximum absolute atomic E-state index is 5.88. The van der Waals surface area contributed by atoms with Crippen LogP contribution in [0.25, 0.3) is 0 Å². The largest absolute Gasteiger partial charge is 0.374 e. The molecule has 18 heavy (non-hydrogen) atoms. The number of hydrogen-bond acceptors (Lipinski definition) is 4. The molecule has 2 saturated heterocycles. The molecule has 1 N–H and O–H groups in total. The first kappa shape index (κ1) is 14.3. The van der Waals surface area contributed by atoms with Crippen LogP contribution in [0.1, 0.15) is 26.2 Å². The third kappa shape index (κ3) is 4.50. The molecule has 106 valence electrons. The normalized spacial score (nSPS) is 32.3. The van der Waals surface area contributed by atoms with Gasteiger partial charge in [0.05, 0.1) is 12.7 Å². The van der Waals surface area contributed by atoms with Crippen molar-refractivity contribution in [2.75, 3.05) is 52.9 Å². The summed E-state index contributed by atoms with van der Waals surface area (Å²) in [7, 11) is 2.19. The van der Waals surface area contributed by atoms with Crippen molar-refractivity contribution in [2.24, 2.45) is 0 Å². The highest BCUT2D eigenvalue weighted by molar-refractivity contribution is 4.80. The molecule has 2 heterocycles. The van der Waals surface area contributed by atoms with E-state index in [4.69, 9.17) is 4.74 Å². The van der Waals surface area contributed by atoms with E-state index in [0.717, 1.165) is 26.2 Å². The van der Waals surface area contributed by atoms with Crippen LogP contribution in [-0.2, 0) is 4.74 Å². The summed E-state index contributed by atoms with van der Waals surface area (Å²) >= 11 is 0. The zero-order valence-electron chi connectivity index (χ0n) is 12.0. The smallest absolute Gasteiger partial charge is 0.0829 e. The molecule has 0 aromatic heterocycles. The molecule has 0 spiro atoms.